The highest BCUT2D eigenvalue weighted by Crippen LogP contribution is 2.26. The van der Waals surface area contributed by atoms with Crippen molar-refractivity contribution in [2.24, 2.45) is 5.92 Å². The topological polar surface area (TPSA) is 12.0 Å². The van der Waals surface area contributed by atoms with Gasteiger partial charge >= 0.3 is 0 Å². The minimum Gasteiger partial charge on any atom is -0.310 e. The summed E-state index contributed by atoms with van der Waals surface area (Å²) < 4.78 is 25.2. The van der Waals surface area contributed by atoms with Gasteiger partial charge in [0.15, 0.2) is 0 Å². The van der Waals surface area contributed by atoms with E-state index in [2.05, 4.69) is 12.2 Å². The number of rotatable bonds is 5. The maximum Gasteiger partial charge on any atom is 0.263 e. The summed E-state index contributed by atoms with van der Waals surface area (Å²) in [6, 6.07) is 7.27. The van der Waals surface area contributed by atoms with E-state index in [1.165, 1.54) is 38.2 Å². The fourth-order valence-corrected chi connectivity index (χ4v) is 2.88. The average Bonchev–Trinajstić information content (AvgIpc) is 2.46. The molecule has 0 spiro atoms. The van der Waals surface area contributed by atoms with E-state index < -0.39 is 6.43 Å². The van der Waals surface area contributed by atoms with Crippen molar-refractivity contribution in [3.05, 3.63) is 35.4 Å². The second-order valence-corrected chi connectivity index (χ2v) is 5.55. The molecule has 0 atom stereocenters. The lowest BCUT2D eigenvalue weighted by atomic mass is 9.84. The van der Waals surface area contributed by atoms with Crippen molar-refractivity contribution in [3.8, 4) is 0 Å². The molecule has 3 heteroatoms. The zero-order valence-electron chi connectivity index (χ0n) is 11.5. The molecule has 0 saturated heterocycles. The monoisotopic (exact) mass is 267 g/mol. The van der Waals surface area contributed by atoms with Crippen LogP contribution in [0.3, 0.4) is 0 Å². The number of nitrogens with one attached hydrogen (secondary N) is 1. The van der Waals surface area contributed by atoms with Crippen LogP contribution < -0.4 is 5.32 Å². The van der Waals surface area contributed by atoms with Gasteiger partial charge in [-0.1, -0.05) is 31.5 Å². The van der Waals surface area contributed by atoms with Crippen LogP contribution >= 0.6 is 0 Å². The Labute approximate surface area is 114 Å². The van der Waals surface area contributed by atoms with E-state index >= 15 is 0 Å². The van der Waals surface area contributed by atoms with Gasteiger partial charge in [-0.2, -0.15) is 0 Å². The van der Waals surface area contributed by atoms with Crippen molar-refractivity contribution in [2.75, 3.05) is 0 Å². The Hall–Kier alpha value is -0.960. The Bertz CT molecular complexity index is 384. The molecule has 1 N–H and O–H groups in total. The van der Waals surface area contributed by atoms with Crippen molar-refractivity contribution in [3.63, 3.8) is 0 Å². The third kappa shape index (κ3) is 4.27. The molecule has 1 aromatic rings. The Kier molecular flexibility index (Phi) is 5.32. The molecule has 2 rings (SSSR count). The zero-order valence-corrected chi connectivity index (χ0v) is 11.5. The molecule has 0 aliphatic heterocycles. The highest BCUT2D eigenvalue weighted by Gasteiger charge is 2.19. The Morgan fingerprint density at radius 1 is 1.21 bits per heavy atom. The number of hydrogen-bond donors (Lipinski definition) is 1. The second kappa shape index (κ2) is 6.99. The van der Waals surface area contributed by atoms with E-state index in [4.69, 9.17) is 0 Å². The molecule has 19 heavy (non-hydrogen) atoms. The largest absolute Gasteiger partial charge is 0.310 e. The molecule has 0 radical (unpaired) electrons. The van der Waals surface area contributed by atoms with Crippen LogP contribution in [-0.4, -0.2) is 6.04 Å². The third-order valence-electron chi connectivity index (χ3n) is 4.22. The van der Waals surface area contributed by atoms with Gasteiger partial charge in [0.2, 0.25) is 0 Å². The van der Waals surface area contributed by atoms with Crippen LogP contribution in [0.2, 0.25) is 0 Å². The third-order valence-corrected chi connectivity index (χ3v) is 4.22. The average molecular weight is 267 g/mol. The van der Waals surface area contributed by atoms with E-state index in [0.717, 1.165) is 11.5 Å². The van der Waals surface area contributed by atoms with E-state index in [1.807, 2.05) is 6.07 Å². The van der Waals surface area contributed by atoms with Crippen LogP contribution in [-0.2, 0) is 6.54 Å². The maximum absolute atomic E-state index is 12.6. The Morgan fingerprint density at radius 2 is 1.95 bits per heavy atom. The number of hydrogen-bond acceptors (Lipinski definition) is 1. The van der Waals surface area contributed by atoms with Gasteiger partial charge in [-0.3, -0.25) is 0 Å². The van der Waals surface area contributed by atoms with Crippen molar-refractivity contribution in [1.82, 2.24) is 5.32 Å². The first-order valence-corrected chi connectivity index (χ1v) is 7.29. The van der Waals surface area contributed by atoms with Crippen LogP contribution in [0.15, 0.2) is 24.3 Å². The fourth-order valence-electron chi connectivity index (χ4n) is 2.88. The smallest absolute Gasteiger partial charge is 0.263 e. The van der Waals surface area contributed by atoms with Gasteiger partial charge in [0.1, 0.15) is 0 Å². The molecule has 0 amide bonds. The molecule has 0 heterocycles. The van der Waals surface area contributed by atoms with E-state index in [1.54, 1.807) is 12.1 Å². The molecule has 1 aromatic carbocycles. The summed E-state index contributed by atoms with van der Waals surface area (Å²) >= 11 is 0. The van der Waals surface area contributed by atoms with Gasteiger partial charge < -0.3 is 5.32 Å². The first kappa shape index (κ1) is 14.4. The molecule has 1 aliphatic carbocycles. The van der Waals surface area contributed by atoms with Crippen LogP contribution in [0.1, 0.15) is 56.6 Å². The molecule has 1 fully saturated rings. The van der Waals surface area contributed by atoms with Gasteiger partial charge in [0.25, 0.3) is 6.43 Å². The second-order valence-electron chi connectivity index (χ2n) is 5.55. The van der Waals surface area contributed by atoms with Gasteiger partial charge in [-0.25, -0.2) is 8.78 Å². The Balaban J connectivity index is 1.81. The summed E-state index contributed by atoms with van der Waals surface area (Å²) in [5.74, 6) is 0.889. The van der Waals surface area contributed by atoms with Crippen molar-refractivity contribution < 1.29 is 8.78 Å². The molecule has 106 valence electrons. The van der Waals surface area contributed by atoms with Gasteiger partial charge in [0, 0.05) is 18.2 Å². The predicted molar refractivity (Wildman–Crippen MR) is 74.3 cm³/mol. The summed E-state index contributed by atoms with van der Waals surface area (Å²) in [5, 5.41) is 3.50. The van der Waals surface area contributed by atoms with Crippen molar-refractivity contribution in [2.45, 2.75) is 58.0 Å². The summed E-state index contributed by atoms with van der Waals surface area (Å²) in [5.41, 5.74) is 1.07. The lowest BCUT2D eigenvalue weighted by Gasteiger charge is -2.28. The lowest BCUT2D eigenvalue weighted by molar-refractivity contribution is 0.151. The van der Waals surface area contributed by atoms with Gasteiger partial charge in [0.05, 0.1) is 0 Å². The van der Waals surface area contributed by atoms with E-state index in [9.17, 15) is 8.78 Å². The number of halogens is 2. The Morgan fingerprint density at radius 3 is 2.58 bits per heavy atom. The van der Waals surface area contributed by atoms with Crippen LogP contribution in [0.5, 0.6) is 0 Å². The summed E-state index contributed by atoms with van der Waals surface area (Å²) in [7, 11) is 0. The minimum absolute atomic E-state index is 0.119. The summed E-state index contributed by atoms with van der Waals surface area (Å²) in [4.78, 5) is 0. The zero-order chi connectivity index (χ0) is 13.7. The quantitative estimate of drug-likeness (QED) is 0.816. The first-order chi connectivity index (χ1) is 9.19. The number of alkyl halides is 2. The van der Waals surface area contributed by atoms with Gasteiger partial charge in [-0.05, 0) is 43.2 Å². The molecule has 0 unspecified atom stereocenters. The van der Waals surface area contributed by atoms with Crippen LogP contribution in [0.4, 0.5) is 8.78 Å². The van der Waals surface area contributed by atoms with Crippen molar-refractivity contribution >= 4 is 0 Å². The standard InChI is InChI=1S/C16H23F2N/c1-2-12-6-8-15(9-7-12)19-11-13-4-3-5-14(10-13)16(17)18/h3-5,10,12,15-16,19H,2,6-9,11H2,1H3. The van der Waals surface area contributed by atoms with Gasteiger partial charge in [-0.15, -0.1) is 0 Å². The maximum atomic E-state index is 12.6. The fraction of sp³-hybridized carbons (Fsp3) is 0.625. The first-order valence-electron chi connectivity index (χ1n) is 7.29. The molecule has 0 aromatic heterocycles. The summed E-state index contributed by atoms with van der Waals surface area (Å²) in [6.07, 6.45) is 3.93. The van der Waals surface area contributed by atoms with Crippen molar-refractivity contribution in [1.29, 1.82) is 0 Å². The number of benzene rings is 1. The molecule has 1 nitrogen and oxygen atoms in total. The normalized spacial score (nSPS) is 23.8. The highest BCUT2D eigenvalue weighted by molar-refractivity contribution is 5.24. The molecule has 1 aliphatic rings. The van der Waals surface area contributed by atoms with Crippen LogP contribution in [0.25, 0.3) is 0 Å². The molecule has 0 bridgehead atoms. The highest BCUT2D eigenvalue weighted by atomic mass is 19.3. The molecule has 1 saturated carbocycles. The molecular formula is C16H23F2N. The predicted octanol–water partition coefficient (Wildman–Crippen LogP) is 4.68. The molecular weight excluding hydrogens is 244 g/mol. The minimum atomic E-state index is -2.38. The van der Waals surface area contributed by atoms with E-state index in [0.29, 0.717) is 12.6 Å². The lowest BCUT2D eigenvalue weighted by Crippen LogP contribution is -2.32. The van der Waals surface area contributed by atoms with Crippen LogP contribution in [0, 0.1) is 5.92 Å². The van der Waals surface area contributed by atoms with E-state index in [-0.39, 0.29) is 5.56 Å². The SMILES string of the molecule is CCC1CCC(NCc2cccc(C(F)F)c2)CC1. The summed E-state index contributed by atoms with van der Waals surface area (Å²) in [6.45, 7) is 2.95.